The zero-order chi connectivity index (χ0) is 33.2. The van der Waals surface area contributed by atoms with Crippen LogP contribution < -0.4 is 5.73 Å². The molecule has 3 N–H and O–H groups in total. The van der Waals surface area contributed by atoms with E-state index in [1.807, 2.05) is 57.2 Å². The number of pyridine rings is 1. The van der Waals surface area contributed by atoms with Gasteiger partial charge in [0.15, 0.2) is 0 Å². The number of aryl methyl sites for hydroxylation is 1. The Morgan fingerprint density at radius 2 is 1.46 bits per heavy atom. The minimum absolute atomic E-state index is 0.00214. The molecule has 2 amide bonds. The minimum Gasteiger partial charge on any atom is -0.390 e. The molecule has 0 unspecified atom stereocenters. The molecule has 0 saturated carbocycles. The summed E-state index contributed by atoms with van der Waals surface area (Å²) in [6.45, 7) is 7.09. The number of nitrogens with zero attached hydrogens (tertiary/aromatic N) is 3. The van der Waals surface area contributed by atoms with Crippen LogP contribution in [0.3, 0.4) is 0 Å². The fourth-order valence-electron chi connectivity index (χ4n) is 5.57. The smallest absolute Gasteiger partial charge is 0.254 e. The van der Waals surface area contributed by atoms with E-state index < -0.39 is 23.8 Å². The Morgan fingerprint density at radius 1 is 0.826 bits per heavy atom. The standard InChI is InChI=1S/C37H42F2N4O3/c1-4-12-42(13-5-2)36(45)30-14-25(3)15-31(20-30)37(46)43(23-26-8-6-9-28(16-26)29-10-7-11-41-22-29)24-35(44)34(40)19-27-17-32(38)21-33(39)18-27/h6-11,14-18,20-22,34-35,44H,4-5,12-13,19,23-24,40H2,1-3H3/t34-,35+/m0/s1. The average Bonchev–Trinajstić information content (AvgIpc) is 3.03. The quantitative estimate of drug-likeness (QED) is 0.174. The Balaban J connectivity index is 1.65. The van der Waals surface area contributed by atoms with Gasteiger partial charge in [-0.15, -0.1) is 0 Å². The molecule has 0 bridgehead atoms. The second-order valence-corrected chi connectivity index (χ2v) is 11.7. The minimum atomic E-state index is -1.22. The first kappa shape index (κ1) is 34.4. The van der Waals surface area contributed by atoms with Gasteiger partial charge < -0.3 is 20.6 Å². The van der Waals surface area contributed by atoms with E-state index in [4.69, 9.17) is 5.73 Å². The highest BCUT2D eigenvalue weighted by Crippen LogP contribution is 2.22. The fourth-order valence-corrected chi connectivity index (χ4v) is 5.57. The number of carbonyl (C=O) groups is 2. The number of benzene rings is 3. The van der Waals surface area contributed by atoms with Gasteiger partial charge in [-0.05, 0) is 96.5 Å². The Bertz CT molecular complexity index is 1610. The van der Waals surface area contributed by atoms with Crippen molar-refractivity contribution in [1.29, 1.82) is 0 Å². The van der Waals surface area contributed by atoms with E-state index in [0.717, 1.165) is 41.2 Å². The van der Waals surface area contributed by atoms with Gasteiger partial charge in [-0.1, -0.05) is 38.1 Å². The maximum Gasteiger partial charge on any atom is 0.254 e. The number of amides is 2. The van der Waals surface area contributed by atoms with E-state index in [1.54, 1.807) is 35.5 Å². The van der Waals surface area contributed by atoms with E-state index in [9.17, 15) is 23.5 Å². The van der Waals surface area contributed by atoms with Crippen molar-refractivity contribution in [3.8, 4) is 11.1 Å². The third-order valence-corrected chi connectivity index (χ3v) is 7.72. The molecule has 2 atom stereocenters. The molecule has 7 nitrogen and oxygen atoms in total. The molecule has 4 aromatic rings. The van der Waals surface area contributed by atoms with Crippen LogP contribution in [0.25, 0.3) is 11.1 Å². The van der Waals surface area contributed by atoms with Gasteiger partial charge in [0, 0.05) is 61.8 Å². The molecule has 4 rings (SSSR count). The number of aliphatic hydroxyl groups is 1. The fraction of sp³-hybridized carbons (Fsp3) is 0.324. The van der Waals surface area contributed by atoms with Gasteiger partial charge in [0.1, 0.15) is 11.6 Å². The molecule has 1 heterocycles. The zero-order valence-corrected chi connectivity index (χ0v) is 26.6. The number of nitrogens with two attached hydrogens (primary N) is 1. The number of aromatic nitrogens is 1. The summed E-state index contributed by atoms with van der Waals surface area (Å²) < 4.78 is 27.6. The Morgan fingerprint density at radius 3 is 2.07 bits per heavy atom. The topological polar surface area (TPSA) is 99.8 Å². The van der Waals surface area contributed by atoms with Crippen LogP contribution in [-0.4, -0.2) is 63.5 Å². The van der Waals surface area contributed by atoms with Crippen molar-refractivity contribution in [2.24, 2.45) is 5.73 Å². The molecule has 0 aliphatic heterocycles. The summed E-state index contributed by atoms with van der Waals surface area (Å²) in [5.74, 6) is -1.99. The van der Waals surface area contributed by atoms with Gasteiger partial charge in [-0.2, -0.15) is 0 Å². The summed E-state index contributed by atoms with van der Waals surface area (Å²) in [7, 11) is 0. The Hall–Kier alpha value is -4.47. The van der Waals surface area contributed by atoms with Gasteiger partial charge in [-0.3, -0.25) is 14.6 Å². The van der Waals surface area contributed by atoms with Crippen molar-refractivity contribution in [1.82, 2.24) is 14.8 Å². The number of hydrogen-bond donors (Lipinski definition) is 2. The van der Waals surface area contributed by atoms with Crippen LogP contribution in [0.15, 0.2) is 85.2 Å². The molecule has 9 heteroatoms. The molecule has 1 aromatic heterocycles. The van der Waals surface area contributed by atoms with E-state index in [-0.39, 0.29) is 31.3 Å². The number of halogens is 2. The number of aliphatic hydroxyl groups excluding tert-OH is 1. The molecule has 3 aromatic carbocycles. The summed E-state index contributed by atoms with van der Waals surface area (Å²) in [5.41, 5.74) is 10.8. The van der Waals surface area contributed by atoms with Crippen molar-refractivity contribution in [3.05, 3.63) is 125 Å². The first-order chi connectivity index (χ1) is 22.1. The largest absolute Gasteiger partial charge is 0.390 e. The van der Waals surface area contributed by atoms with Gasteiger partial charge in [0.25, 0.3) is 11.8 Å². The zero-order valence-electron chi connectivity index (χ0n) is 26.6. The predicted octanol–water partition coefficient (Wildman–Crippen LogP) is 6.17. The second-order valence-electron chi connectivity index (χ2n) is 11.7. The second kappa shape index (κ2) is 16.2. The lowest BCUT2D eigenvalue weighted by atomic mass is 10.00. The lowest BCUT2D eigenvalue weighted by Gasteiger charge is -2.29. The highest BCUT2D eigenvalue weighted by Gasteiger charge is 2.26. The SMILES string of the molecule is CCCN(CCC)C(=O)c1cc(C)cc(C(=O)N(Cc2cccc(-c3cccnc3)c2)C[C@@H](O)[C@@H](N)Cc2cc(F)cc(F)c2)c1. The number of rotatable bonds is 14. The highest BCUT2D eigenvalue weighted by atomic mass is 19.1. The van der Waals surface area contributed by atoms with Crippen LogP contribution in [0.1, 0.15) is 64.1 Å². The molecule has 0 spiro atoms. The van der Waals surface area contributed by atoms with Crippen LogP contribution in [0.4, 0.5) is 8.78 Å². The van der Waals surface area contributed by atoms with Crippen LogP contribution in [0.5, 0.6) is 0 Å². The third kappa shape index (κ3) is 9.28. The number of hydrogen-bond acceptors (Lipinski definition) is 5. The molecule has 242 valence electrons. The average molecular weight is 629 g/mol. The van der Waals surface area contributed by atoms with Crippen LogP contribution >= 0.6 is 0 Å². The Labute approximate surface area is 269 Å². The summed E-state index contributed by atoms with van der Waals surface area (Å²) in [4.78, 5) is 35.2. The monoisotopic (exact) mass is 628 g/mol. The van der Waals surface area contributed by atoms with Crippen molar-refractivity contribution < 1.29 is 23.5 Å². The predicted molar refractivity (Wildman–Crippen MR) is 176 cm³/mol. The lowest BCUT2D eigenvalue weighted by Crippen LogP contribution is -2.46. The lowest BCUT2D eigenvalue weighted by molar-refractivity contribution is 0.0554. The molecule has 0 radical (unpaired) electrons. The molecule has 0 aliphatic rings. The third-order valence-electron chi connectivity index (χ3n) is 7.72. The molecule has 0 aliphatic carbocycles. The summed E-state index contributed by atoms with van der Waals surface area (Å²) >= 11 is 0. The van der Waals surface area contributed by atoms with E-state index in [0.29, 0.717) is 29.8 Å². The van der Waals surface area contributed by atoms with Gasteiger partial charge in [0.05, 0.1) is 6.10 Å². The van der Waals surface area contributed by atoms with Crippen molar-refractivity contribution in [2.75, 3.05) is 19.6 Å². The first-order valence-corrected chi connectivity index (χ1v) is 15.7. The van der Waals surface area contributed by atoms with Crippen molar-refractivity contribution >= 4 is 11.8 Å². The van der Waals surface area contributed by atoms with Crippen molar-refractivity contribution in [2.45, 2.75) is 58.7 Å². The molecule has 46 heavy (non-hydrogen) atoms. The van der Waals surface area contributed by atoms with E-state index >= 15 is 0 Å². The molecular formula is C37H42F2N4O3. The number of carbonyl (C=O) groups excluding carboxylic acids is 2. The van der Waals surface area contributed by atoms with Crippen LogP contribution in [0.2, 0.25) is 0 Å². The first-order valence-electron chi connectivity index (χ1n) is 15.7. The van der Waals surface area contributed by atoms with E-state index in [1.165, 1.54) is 17.0 Å². The Kier molecular flexibility index (Phi) is 12.1. The summed E-state index contributed by atoms with van der Waals surface area (Å²) in [6, 6.07) is 18.8. The molecule has 0 saturated heterocycles. The highest BCUT2D eigenvalue weighted by molar-refractivity contribution is 6.00. The van der Waals surface area contributed by atoms with Gasteiger partial charge >= 0.3 is 0 Å². The van der Waals surface area contributed by atoms with Crippen LogP contribution in [-0.2, 0) is 13.0 Å². The maximum absolute atomic E-state index is 14.2. The normalized spacial score (nSPS) is 12.4. The summed E-state index contributed by atoms with van der Waals surface area (Å²) in [5, 5.41) is 11.2. The van der Waals surface area contributed by atoms with Gasteiger partial charge in [-0.25, -0.2) is 8.78 Å². The van der Waals surface area contributed by atoms with Crippen LogP contribution in [0, 0.1) is 18.6 Å². The molecule has 0 fully saturated rings. The maximum atomic E-state index is 14.2. The van der Waals surface area contributed by atoms with Gasteiger partial charge in [0.2, 0.25) is 0 Å². The molecular weight excluding hydrogens is 586 g/mol. The summed E-state index contributed by atoms with van der Waals surface area (Å²) in [6.07, 6.45) is 3.87. The van der Waals surface area contributed by atoms with Crippen molar-refractivity contribution in [3.63, 3.8) is 0 Å². The van der Waals surface area contributed by atoms with E-state index in [2.05, 4.69) is 4.98 Å².